The molecule has 0 N–H and O–H groups in total. The highest BCUT2D eigenvalue weighted by Crippen LogP contribution is 2.62. The summed E-state index contributed by atoms with van der Waals surface area (Å²) in [6, 6.07) is 9.70. The molecule has 0 bridgehead atoms. The molecule has 0 aliphatic heterocycles. The largest absolute Gasteiger partial charge is 0.294 e. The number of fused-ring (bicyclic) bond motifs is 1. The molecule has 2 aliphatic rings. The van der Waals surface area contributed by atoms with Gasteiger partial charge < -0.3 is 0 Å². The Morgan fingerprint density at radius 2 is 1.69 bits per heavy atom. The van der Waals surface area contributed by atoms with Gasteiger partial charge in [0.05, 0.1) is 0 Å². The maximum absolute atomic E-state index is 11.9. The summed E-state index contributed by atoms with van der Waals surface area (Å²) in [5.41, 5.74) is 0.905. The number of benzene rings is 1. The van der Waals surface area contributed by atoms with Crippen molar-refractivity contribution in [3.05, 3.63) is 35.9 Å². The lowest BCUT2D eigenvalue weighted by Gasteiger charge is -2.04. The maximum atomic E-state index is 11.9. The van der Waals surface area contributed by atoms with Gasteiger partial charge in [0.25, 0.3) is 0 Å². The molecule has 2 fully saturated rings. The average molecular weight is 172 g/mol. The first-order valence-corrected chi connectivity index (χ1v) is 4.97. The van der Waals surface area contributed by atoms with Gasteiger partial charge in [-0.2, -0.15) is 0 Å². The Labute approximate surface area is 77.8 Å². The predicted octanol–water partition coefficient (Wildman–Crippen LogP) is 2.53. The van der Waals surface area contributed by atoms with Crippen molar-refractivity contribution >= 4 is 5.78 Å². The van der Waals surface area contributed by atoms with Gasteiger partial charge in [-0.3, -0.25) is 4.79 Å². The second-order valence-corrected chi connectivity index (χ2v) is 4.16. The molecule has 1 aromatic carbocycles. The maximum Gasteiger partial charge on any atom is 0.166 e. The van der Waals surface area contributed by atoms with E-state index in [9.17, 15) is 4.79 Å². The molecular formula is C12H12O. The smallest absolute Gasteiger partial charge is 0.166 e. The van der Waals surface area contributed by atoms with Crippen LogP contribution in [0, 0.1) is 17.8 Å². The number of carbonyl (C=O) groups is 1. The number of hydrogen-bond donors (Lipinski definition) is 0. The fraction of sp³-hybridized carbons (Fsp3) is 0.417. The summed E-state index contributed by atoms with van der Waals surface area (Å²) >= 11 is 0. The Bertz CT molecular complexity index is 331. The van der Waals surface area contributed by atoms with Crippen LogP contribution in [0.3, 0.4) is 0 Å². The van der Waals surface area contributed by atoms with E-state index in [0.717, 1.165) is 17.4 Å². The third-order valence-corrected chi connectivity index (χ3v) is 3.53. The van der Waals surface area contributed by atoms with E-state index in [0.29, 0.717) is 11.7 Å². The standard InChI is InChI=1S/C12H12O/c13-12(8-4-2-1-3-5-8)11-9-6-7-10(9)11/h1-5,9-11H,6-7H2. The number of ketones is 1. The predicted molar refractivity (Wildman–Crippen MR) is 50.5 cm³/mol. The third kappa shape index (κ3) is 0.963. The molecule has 0 saturated heterocycles. The molecule has 2 saturated carbocycles. The van der Waals surface area contributed by atoms with Gasteiger partial charge in [0.15, 0.2) is 5.78 Å². The van der Waals surface area contributed by atoms with Crippen molar-refractivity contribution in [3.63, 3.8) is 0 Å². The molecule has 1 nitrogen and oxygen atoms in total. The van der Waals surface area contributed by atoms with E-state index in [1.54, 1.807) is 0 Å². The molecule has 1 heteroatoms. The van der Waals surface area contributed by atoms with E-state index < -0.39 is 0 Å². The molecule has 2 atom stereocenters. The first-order chi connectivity index (χ1) is 6.38. The average Bonchev–Trinajstić information content (AvgIpc) is 2.68. The van der Waals surface area contributed by atoms with Crippen LogP contribution in [-0.4, -0.2) is 5.78 Å². The van der Waals surface area contributed by atoms with Crippen LogP contribution in [0.5, 0.6) is 0 Å². The summed E-state index contributed by atoms with van der Waals surface area (Å²) < 4.78 is 0. The Balaban J connectivity index is 1.83. The SMILES string of the molecule is O=C(c1ccccc1)C1C2CCC21. The Morgan fingerprint density at radius 3 is 2.23 bits per heavy atom. The molecule has 2 aliphatic carbocycles. The monoisotopic (exact) mass is 172 g/mol. The van der Waals surface area contributed by atoms with Crippen LogP contribution in [0.1, 0.15) is 23.2 Å². The van der Waals surface area contributed by atoms with Crippen molar-refractivity contribution < 1.29 is 4.79 Å². The van der Waals surface area contributed by atoms with Crippen molar-refractivity contribution in [1.29, 1.82) is 0 Å². The first-order valence-electron chi connectivity index (χ1n) is 4.97. The number of Topliss-reactive ketones (excluding diaryl/α,β-unsaturated/α-hetero) is 1. The topological polar surface area (TPSA) is 17.1 Å². The van der Waals surface area contributed by atoms with Crippen LogP contribution >= 0.6 is 0 Å². The zero-order valence-electron chi connectivity index (χ0n) is 7.44. The summed E-state index contributed by atoms with van der Waals surface area (Å²) in [5, 5.41) is 0. The van der Waals surface area contributed by atoms with Crippen molar-refractivity contribution in [1.82, 2.24) is 0 Å². The van der Waals surface area contributed by atoms with E-state index in [1.165, 1.54) is 12.8 Å². The van der Waals surface area contributed by atoms with Crippen LogP contribution in [0.2, 0.25) is 0 Å². The van der Waals surface area contributed by atoms with Crippen molar-refractivity contribution in [2.45, 2.75) is 12.8 Å². The summed E-state index contributed by atoms with van der Waals surface area (Å²) in [7, 11) is 0. The van der Waals surface area contributed by atoms with Gasteiger partial charge in [-0.15, -0.1) is 0 Å². The zero-order chi connectivity index (χ0) is 8.84. The molecule has 0 amide bonds. The fourth-order valence-corrected chi connectivity index (χ4v) is 2.54. The summed E-state index contributed by atoms with van der Waals surface area (Å²) in [6.07, 6.45) is 2.57. The van der Waals surface area contributed by atoms with Crippen LogP contribution in [-0.2, 0) is 0 Å². The number of carbonyl (C=O) groups excluding carboxylic acids is 1. The lowest BCUT2D eigenvalue weighted by Crippen LogP contribution is -2.02. The van der Waals surface area contributed by atoms with E-state index in [-0.39, 0.29) is 0 Å². The summed E-state index contributed by atoms with van der Waals surface area (Å²) in [6.45, 7) is 0. The second-order valence-electron chi connectivity index (χ2n) is 4.16. The second kappa shape index (κ2) is 2.44. The Hall–Kier alpha value is -1.11. The summed E-state index contributed by atoms with van der Waals surface area (Å²) in [4.78, 5) is 11.9. The van der Waals surface area contributed by atoms with E-state index in [1.807, 2.05) is 30.3 Å². The molecule has 0 aromatic heterocycles. The van der Waals surface area contributed by atoms with Crippen LogP contribution in [0.4, 0.5) is 0 Å². The van der Waals surface area contributed by atoms with E-state index in [2.05, 4.69) is 0 Å². The van der Waals surface area contributed by atoms with Crippen molar-refractivity contribution in [3.8, 4) is 0 Å². The van der Waals surface area contributed by atoms with E-state index in [4.69, 9.17) is 0 Å². The zero-order valence-corrected chi connectivity index (χ0v) is 7.44. The number of hydrogen-bond acceptors (Lipinski definition) is 1. The minimum atomic E-state index is 0.383. The molecule has 2 unspecified atom stereocenters. The van der Waals surface area contributed by atoms with Gasteiger partial charge >= 0.3 is 0 Å². The molecule has 0 spiro atoms. The van der Waals surface area contributed by atoms with Crippen molar-refractivity contribution in [2.75, 3.05) is 0 Å². The highest BCUT2D eigenvalue weighted by atomic mass is 16.1. The van der Waals surface area contributed by atoms with E-state index >= 15 is 0 Å². The highest BCUT2D eigenvalue weighted by Gasteiger charge is 2.59. The molecule has 13 heavy (non-hydrogen) atoms. The Morgan fingerprint density at radius 1 is 1.08 bits per heavy atom. The van der Waals surface area contributed by atoms with Crippen LogP contribution in [0.25, 0.3) is 0 Å². The molecule has 0 heterocycles. The quantitative estimate of drug-likeness (QED) is 0.626. The fourth-order valence-electron chi connectivity index (χ4n) is 2.54. The summed E-state index contributed by atoms with van der Waals surface area (Å²) in [5.74, 6) is 2.29. The minimum Gasteiger partial charge on any atom is -0.294 e. The Kier molecular flexibility index (Phi) is 1.37. The lowest BCUT2D eigenvalue weighted by molar-refractivity contribution is 0.0961. The van der Waals surface area contributed by atoms with Crippen LogP contribution < -0.4 is 0 Å². The van der Waals surface area contributed by atoms with Crippen molar-refractivity contribution in [2.24, 2.45) is 17.8 Å². The molecule has 1 aromatic rings. The van der Waals surface area contributed by atoms with Gasteiger partial charge in [0.2, 0.25) is 0 Å². The highest BCUT2D eigenvalue weighted by molar-refractivity contribution is 6.00. The van der Waals surface area contributed by atoms with Gasteiger partial charge in [-0.1, -0.05) is 30.3 Å². The minimum absolute atomic E-state index is 0.383. The molecule has 0 radical (unpaired) electrons. The van der Waals surface area contributed by atoms with Gasteiger partial charge in [-0.25, -0.2) is 0 Å². The van der Waals surface area contributed by atoms with Gasteiger partial charge in [0, 0.05) is 11.5 Å². The molecule has 66 valence electrons. The third-order valence-electron chi connectivity index (χ3n) is 3.53. The van der Waals surface area contributed by atoms with Gasteiger partial charge in [-0.05, 0) is 24.7 Å². The number of rotatable bonds is 2. The first kappa shape index (κ1) is 7.31. The molecule has 3 rings (SSSR count). The van der Waals surface area contributed by atoms with Crippen LogP contribution in [0.15, 0.2) is 30.3 Å². The lowest BCUT2D eigenvalue weighted by atomic mass is 10.0. The van der Waals surface area contributed by atoms with Gasteiger partial charge in [0.1, 0.15) is 0 Å². The molecular weight excluding hydrogens is 160 g/mol. The normalized spacial score (nSPS) is 34.6.